The summed E-state index contributed by atoms with van der Waals surface area (Å²) in [5.41, 5.74) is 4.92. The van der Waals surface area contributed by atoms with Gasteiger partial charge in [0.2, 0.25) is 5.91 Å². The summed E-state index contributed by atoms with van der Waals surface area (Å²) in [6, 6.07) is 0. The molecule has 0 radical (unpaired) electrons. The Hall–Kier alpha value is -0.780. The van der Waals surface area contributed by atoms with Crippen LogP contribution in [0.15, 0.2) is 0 Å². The summed E-state index contributed by atoms with van der Waals surface area (Å²) >= 11 is 0. The molecule has 6 heteroatoms. The molecule has 0 heterocycles. The van der Waals surface area contributed by atoms with Crippen LogP contribution in [0.5, 0.6) is 0 Å². The van der Waals surface area contributed by atoms with Gasteiger partial charge < -0.3 is 11.1 Å². The molecule has 0 bridgehead atoms. The Morgan fingerprint density at radius 3 is 2.12 bits per heavy atom. The standard InChI is InChI=1S/C11H21F3N2O/c1-3-10(4-2,8-15)9(17)16-7-5-6-11(12,13)14/h3-8,15H2,1-2H3,(H,16,17). The third-order valence-electron chi connectivity index (χ3n) is 3.15. The Labute approximate surface area is 99.9 Å². The normalized spacial score (nSPS) is 12.6. The van der Waals surface area contributed by atoms with Gasteiger partial charge in [0.05, 0.1) is 5.41 Å². The van der Waals surface area contributed by atoms with E-state index in [2.05, 4.69) is 5.32 Å². The van der Waals surface area contributed by atoms with E-state index in [0.717, 1.165) is 0 Å². The second-order valence-electron chi connectivity index (χ2n) is 4.17. The van der Waals surface area contributed by atoms with Gasteiger partial charge in [0, 0.05) is 19.5 Å². The lowest BCUT2D eigenvalue weighted by molar-refractivity contribution is -0.137. The largest absolute Gasteiger partial charge is 0.389 e. The van der Waals surface area contributed by atoms with Crippen molar-refractivity contribution in [3.05, 3.63) is 0 Å². The smallest absolute Gasteiger partial charge is 0.356 e. The number of nitrogens with one attached hydrogen (secondary N) is 1. The molecule has 102 valence electrons. The number of hydrogen-bond donors (Lipinski definition) is 2. The summed E-state index contributed by atoms with van der Waals surface area (Å²) in [4.78, 5) is 11.8. The Balaban J connectivity index is 4.08. The van der Waals surface area contributed by atoms with E-state index < -0.39 is 18.0 Å². The molecule has 17 heavy (non-hydrogen) atoms. The summed E-state index contributed by atoms with van der Waals surface area (Å²) in [5.74, 6) is -0.243. The average Bonchev–Trinajstić information content (AvgIpc) is 2.26. The molecule has 0 saturated heterocycles. The molecule has 0 spiro atoms. The first kappa shape index (κ1) is 16.2. The Bertz CT molecular complexity index is 229. The summed E-state index contributed by atoms with van der Waals surface area (Å²) in [6.07, 6.45) is -3.95. The molecule has 0 aromatic rings. The number of hydrogen-bond acceptors (Lipinski definition) is 2. The lowest BCUT2D eigenvalue weighted by Crippen LogP contribution is -2.45. The predicted octanol–water partition coefficient (Wildman–Crippen LogP) is 2.21. The van der Waals surface area contributed by atoms with E-state index in [1.165, 1.54) is 0 Å². The molecule has 0 saturated carbocycles. The average molecular weight is 254 g/mol. The third-order valence-corrected chi connectivity index (χ3v) is 3.15. The van der Waals surface area contributed by atoms with E-state index in [-0.39, 0.29) is 25.4 Å². The number of alkyl halides is 3. The number of nitrogens with two attached hydrogens (primary N) is 1. The van der Waals surface area contributed by atoms with Gasteiger partial charge in [-0.15, -0.1) is 0 Å². The predicted molar refractivity (Wildman–Crippen MR) is 60.4 cm³/mol. The zero-order valence-corrected chi connectivity index (χ0v) is 10.4. The minimum Gasteiger partial charge on any atom is -0.356 e. The number of rotatable bonds is 7. The number of amides is 1. The molecule has 0 atom stereocenters. The lowest BCUT2D eigenvalue weighted by atomic mass is 9.81. The first-order valence-corrected chi connectivity index (χ1v) is 5.86. The van der Waals surface area contributed by atoms with Crippen molar-refractivity contribution in [3.8, 4) is 0 Å². The molecule has 0 unspecified atom stereocenters. The summed E-state index contributed by atoms with van der Waals surface area (Å²) < 4.78 is 35.6. The van der Waals surface area contributed by atoms with Crippen LogP contribution < -0.4 is 11.1 Å². The molecule has 3 N–H and O–H groups in total. The first-order valence-electron chi connectivity index (χ1n) is 5.86. The quantitative estimate of drug-likeness (QED) is 0.684. The Morgan fingerprint density at radius 2 is 1.76 bits per heavy atom. The van der Waals surface area contributed by atoms with Crippen molar-refractivity contribution in [2.24, 2.45) is 11.1 Å². The van der Waals surface area contributed by atoms with Crippen molar-refractivity contribution in [1.82, 2.24) is 5.32 Å². The Morgan fingerprint density at radius 1 is 1.24 bits per heavy atom. The maximum atomic E-state index is 11.9. The monoisotopic (exact) mass is 254 g/mol. The summed E-state index contributed by atoms with van der Waals surface area (Å²) in [7, 11) is 0. The molecule has 0 aliphatic heterocycles. The minimum absolute atomic E-state index is 0.0418. The van der Waals surface area contributed by atoms with Gasteiger partial charge in [-0.05, 0) is 19.3 Å². The van der Waals surface area contributed by atoms with Crippen LogP contribution >= 0.6 is 0 Å². The van der Waals surface area contributed by atoms with Crippen LogP contribution in [0.3, 0.4) is 0 Å². The van der Waals surface area contributed by atoms with Crippen molar-refractivity contribution in [1.29, 1.82) is 0 Å². The molecule has 1 amide bonds. The second kappa shape index (κ2) is 6.83. The highest BCUT2D eigenvalue weighted by atomic mass is 19.4. The Kier molecular flexibility index (Phi) is 6.52. The molecule has 3 nitrogen and oxygen atoms in total. The van der Waals surface area contributed by atoms with E-state index in [0.29, 0.717) is 12.8 Å². The van der Waals surface area contributed by atoms with Crippen molar-refractivity contribution in [2.75, 3.05) is 13.1 Å². The van der Waals surface area contributed by atoms with Crippen molar-refractivity contribution >= 4 is 5.91 Å². The molecular formula is C11H21F3N2O. The van der Waals surface area contributed by atoms with Gasteiger partial charge in [0.1, 0.15) is 0 Å². The molecular weight excluding hydrogens is 233 g/mol. The van der Waals surface area contributed by atoms with Gasteiger partial charge in [0.15, 0.2) is 0 Å². The van der Waals surface area contributed by atoms with Crippen molar-refractivity contribution < 1.29 is 18.0 Å². The zero-order valence-electron chi connectivity index (χ0n) is 10.4. The zero-order chi connectivity index (χ0) is 13.5. The van der Waals surface area contributed by atoms with Gasteiger partial charge in [-0.25, -0.2) is 0 Å². The molecule has 0 aliphatic rings. The fourth-order valence-electron chi connectivity index (χ4n) is 1.63. The number of halogens is 3. The SMILES string of the molecule is CCC(CC)(CN)C(=O)NCCCC(F)(F)F. The molecule has 0 aliphatic carbocycles. The fourth-order valence-corrected chi connectivity index (χ4v) is 1.63. The van der Waals surface area contributed by atoms with Crippen molar-refractivity contribution in [2.45, 2.75) is 45.7 Å². The second-order valence-corrected chi connectivity index (χ2v) is 4.17. The highest BCUT2D eigenvalue weighted by Crippen LogP contribution is 2.25. The van der Waals surface area contributed by atoms with Crippen LogP contribution in [0, 0.1) is 5.41 Å². The molecule has 0 fully saturated rings. The first-order chi connectivity index (χ1) is 7.81. The van der Waals surface area contributed by atoms with Crippen LogP contribution in [0.4, 0.5) is 13.2 Å². The summed E-state index contributed by atoms with van der Waals surface area (Å²) in [6.45, 7) is 3.96. The highest BCUT2D eigenvalue weighted by Gasteiger charge is 2.33. The van der Waals surface area contributed by atoms with E-state index in [4.69, 9.17) is 5.73 Å². The third kappa shape index (κ3) is 5.39. The van der Waals surface area contributed by atoms with Gasteiger partial charge in [0.25, 0.3) is 0 Å². The van der Waals surface area contributed by atoms with E-state index in [1.807, 2.05) is 13.8 Å². The lowest BCUT2D eigenvalue weighted by Gasteiger charge is -2.28. The molecule has 0 aromatic carbocycles. The molecule has 0 rings (SSSR count). The topological polar surface area (TPSA) is 55.1 Å². The van der Waals surface area contributed by atoms with E-state index in [1.54, 1.807) is 0 Å². The van der Waals surface area contributed by atoms with Gasteiger partial charge in [-0.3, -0.25) is 4.79 Å². The van der Waals surface area contributed by atoms with Crippen LogP contribution in [0.1, 0.15) is 39.5 Å². The van der Waals surface area contributed by atoms with Crippen LogP contribution in [0.25, 0.3) is 0 Å². The molecule has 0 aromatic heterocycles. The van der Waals surface area contributed by atoms with Crippen LogP contribution in [-0.2, 0) is 4.79 Å². The van der Waals surface area contributed by atoms with Gasteiger partial charge in [-0.1, -0.05) is 13.8 Å². The van der Waals surface area contributed by atoms with Crippen LogP contribution in [-0.4, -0.2) is 25.2 Å². The minimum atomic E-state index is -4.16. The number of carbonyl (C=O) groups is 1. The van der Waals surface area contributed by atoms with Gasteiger partial charge in [-0.2, -0.15) is 13.2 Å². The highest BCUT2D eigenvalue weighted by molar-refractivity contribution is 5.82. The van der Waals surface area contributed by atoms with Crippen LogP contribution in [0.2, 0.25) is 0 Å². The van der Waals surface area contributed by atoms with Gasteiger partial charge >= 0.3 is 6.18 Å². The van der Waals surface area contributed by atoms with E-state index in [9.17, 15) is 18.0 Å². The summed E-state index contributed by atoms with van der Waals surface area (Å²) in [5, 5.41) is 2.53. The number of carbonyl (C=O) groups excluding carboxylic acids is 1. The maximum Gasteiger partial charge on any atom is 0.389 e. The maximum absolute atomic E-state index is 11.9. The fraction of sp³-hybridized carbons (Fsp3) is 0.909. The van der Waals surface area contributed by atoms with E-state index >= 15 is 0 Å². The van der Waals surface area contributed by atoms with Crippen molar-refractivity contribution in [3.63, 3.8) is 0 Å².